The van der Waals surface area contributed by atoms with E-state index in [2.05, 4.69) is 6.58 Å². The molecule has 1 saturated heterocycles. The summed E-state index contributed by atoms with van der Waals surface area (Å²) >= 11 is 13.3. The third-order valence-electron chi connectivity index (χ3n) is 5.08. The van der Waals surface area contributed by atoms with Gasteiger partial charge in [0.2, 0.25) is 0 Å². The van der Waals surface area contributed by atoms with Crippen molar-refractivity contribution < 1.29 is 14.6 Å². The third kappa shape index (κ3) is 5.73. The monoisotopic (exact) mass is 524 g/mol. The lowest BCUT2D eigenvalue weighted by Gasteiger charge is -2.15. The molecule has 0 unspecified atom stereocenters. The number of hydrogen-bond acceptors (Lipinski definition) is 5. The van der Waals surface area contributed by atoms with Crippen LogP contribution in [0.1, 0.15) is 18.1 Å². The van der Waals surface area contributed by atoms with Crippen molar-refractivity contribution in [2.45, 2.75) is 13.3 Å². The zero-order valence-electron chi connectivity index (χ0n) is 18.9. The summed E-state index contributed by atoms with van der Waals surface area (Å²) in [6.45, 7) is 6.00. The van der Waals surface area contributed by atoms with Gasteiger partial charge in [0.15, 0.2) is 16.7 Å². The summed E-state index contributed by atoms with van der Waals surface area (Å²) in [4.78, 5) is 20.3. The van der Waals surface area contributed by atoms with Crippen molar-refractivity contribution in [3.63, 3.8) is 0 Å². The molecule has 0 bridgehead atoms. The largest absolute Gasteiger partial charge is 0.504 e. The fraction of sp³-hybridized carbons (Fsp3) is 0.111. The average molecular weight is 525 g/mol. The highest BCUT2D eigenvalue weighted by atomic mass is 35.5. The van der Waals surface area contributed by atoms with E-state index in [4.69, 9.17) is 32.9 Å². The topological polar surface area (TPSA) is 62.1 Å². The maximum atomic E-state index is 13.5. The molecule has 0 saturated carbocycles. The van der Waals surface area contributed by atoms with Crippen molar-refractivity contribution >= 4 is 63.5 Å². The lowest BCUT2D eigenvalue weighted by atomic mass is 10.1. The molecule has 0 spiro atoms. The third-order valence-corrected chi connectivity index (χ3v) is 6.55. The van der Waals surface area contributed by atoms with Gasteiger partial charge in [-0.25, -0.2) is 4.99 Å². The zero-order valence-corrected chi connectivity index (χ0v) is 21.2. The first kappa shape index (κ1) is 24.9. The Morgan fingerprint density at radius 2 is 1.74 bits per heavy atom. The fourth-order valence-electron chi connectivity index (χ4n) is 3.49. The maximum Gasteiger partial charge on any atom is 0.271 e. The first-order chi connectivity index (χ1) is 16.9. The molecule has 1 heterocycles. The Bertz CT molecular complexity index is 1320. The number of hydrogen-bond donors (Lipinski definition) is 1. The molecule has 0 radical (unpaired) electrons. The molecule has 0 aromatic heterocycles. The van der Waals surface area contributed by atoms with E-state index < -0.39 is 0 Å². The Labute approximate surface area is 218 Å². The van der Waals surface area contributed by atoms with Gasteiger partial charge in [0.1, 0.15) is 0 Å². The highest BCUT2D eigenvalue weighted by molar-refractivity contribution is 8.19. The number of halogens is 2. The lowest BCUT2D eigenvalue weighted by molar-refractivity contribution is -0.113. The predicted octanol–water partition coefficient (Wildman–Crippen LogP) is 7.63. The van der Waals surface area contributed by atoms with Gasteiger partial charge in [-0.2, -0.15) is 0 Å². The number of benzene rings is 3. The van der Waals surface area contributed by atoms with Gasteiger partial charge in [0.25, 0.3) is 5.91 Å². The van der Waals surface area contributed by atoms with Gasteiger partial charge in [-0.05, 0) is 97.4 Å². The van der Waals surface area contributed by atoms with Gasteiger partial charge in [-0.1, -0.05) is 29.3 Å². The van der Waals surface area contributed by atoms with Crippen LogP contribution in [0.2, 0.25) is 10.0 Å². The van der Waals surface area contributed by atoms with Crippen LogP contribution in [0.5, 0.6) is 11.5 Å². The van der Waals surface area contributed by atoms with Gasteiger partial charge >= 0.3 is 0 Å². The van der Waals surface area contributed by atoms with Crippen LogP contribution in [0.4, 0.5) is 11.4 Å². The number of aliphatic imine (C=N–C) groups is 1. The van der Waals surface area contributed by atoms with E-state index in [9.17, 15) is 9.90 Å². The molecule has 4 rings (SSSR count). The second kappa shape index (κ2) is 11.0. The average Bonchev–Trinajstić information content (AvgIpc) is 3.13. The standard InChI is InChI=1S/C27H22Cl2N2O3S/c1-3-5-18-14-17(15-23(25(18)32)34-4-2)16-24-26(33)31(22-12-8-20(29)9-13-22)27(35-24)30-21-10-6-19(28)7-11-21/h3,6-16,32H,1,4-5H2,2H3/b24-16-,30-27?. The van der Waals surface area contributed by atoms with E-state index in [-0.39, 0.29) is 11.7 Å². The van der Waals surface area contributed by atoms with E-state index in [0.717, 1.165) is 5.56 Å². The molecule has 0 atom stereocenters. The summed E-state index contributed by atoms with van der Waals surface area (Å²) in [6, 6.07) is 17.6. The molecule has 1 aliphatic rings. The lowest BCUT2D eigenvalue weighted by Crippen LogP contribution is -2.28. The van der Waals surface area contributed by atoms with Crippen LogP contribution in [-0.4, -0.2) is 22.8 Å². The molecule has 35 heavy (non-hydrogen) atoms. The number of amidine groups is 1. The number of phenolic OH excluding ortho intramolecular Hbond substituents is 1. The van der Waals surface area contributed by atoms with Crippen molar-refractivity contribution in [1.29, 1.82) is 0 Å². The van der Waals surface area contributed by atoms with Gasteiger partial charge in [-0.15, -0.1) is 6.58 Å². The van der Waals surface area contributed by atoms with Crippen molar-refractivity contribution in [3.05, 3.63) is 99.4 Å². The van der Waals surface area contributed by atoms with Crippen LogP contribution in [0.15, 0.2) is 83.2 Å². The molecule has 1 aliphatic heterocycles. The minimum Gasteiger partial charge on any atom is -0.504 e. The summed E-state index contributed by atoms with van der Waals surface area (Å²) < 4.78 is 5.60. The Kier molecular flexibility index (Phi) is 7.86. The Morgan fingerprint density at radius 1 is 1.09 bits per heavy atom. The molecule has 1 amide bonds. The second-order valence-electron chi connectivity index (χ2n) is 7.55. The number of thioether (sulfide) groups is 1. The van der Waals surface area contributed by atoms with E-state index in [1.54, 1.807) is 71.6 Å². The van der Waals surface area contributed by atoms with Crippen molar-refractivity contribution in [3.8, 4) is 11.5 Å². The number of aromatic hydroxyl groups is 1. The minimum absolute atomic E-state index is 0.0760. The number of phenols is 1. The highest BCUT2D eigenvalue weighted by Crippen LogP contribution is 2.39. The Morgan fingerprint density at radius 3 is 2.37 bits per heavy atom. The second-order valence-corrected chi connectivity index (χ2v) is 9.43. The Hall–Kier alpha value is -3.19. The number of carbonyl (C=O) groups excluding carboxylic acids is 1. The van der Waals surface area contributed by atoms with Gasteiger partial charge in [-0.3, -0.25) is 9.69 Å². The molecule has 1 N–H and O–H groups in total. The molecule has 3 aromatic rings. The smallest absolute Gasteiger partial charge is 0.271 e. The maximum absolute atomic E-state index is 13.5. The summed E-state index contributed by atoms with van der Waals surface area (Å²) in [7, 11) is 0. The van der Waals surface area contributed by atoms with Gasteiger partial charge in [0, 0.05) is 15.6 Å². The summed E-state index contributed by atoms with van der Waals surface area (Å²) in [5, 5.41) is 12.2. The van der Waals surface area contributed by atoms with Crippen molar-refractivity contribution in [1.82, 2.24) is 0 Å². The first-order valence-electron chi connectivity index (χ1n) is 10.8. The normalized spacial score (nSPS) is 15.7. The predicted molar refractivity (Wildman–Crippen MR) is 146 cm³/mol. The van der Waals surface area contributed by atoms with Crippen LogP contribution >= 0.6 is 35.0 Å². The SMILES string of the molecule is C=CCc1cc(/C=C2\SC(=Nc3ccc(Cl)cc3)N(c3ccc(Cl)cc3)C2=O)cc(OCC)c1O. The highest BCUT2D eigenvalue weighted by Gasteiger charge is 2.35. The van der Waals surface area contributed by atoms with E-state index in [1.165, 1.54) is 11.8 Å². The molecular weight excluding hydrogens is 503 g/mol. The van der Waals surface area contributed by atoms with Crippen LogP contribution in [-0.2, 0) is 11.2 Å². The number of nitrogens with zero attached hydrogens (tertiary/aromatic N) is 2. The van der Waals surface area contributed by atoms with E-state index >= 15 is 0 Å². The quantitative estimate of drug-likeness (QED) is 0.254. The number of rotatable bonds is 7. The molecule has 1 fully saturated rings. The van der Waals surface area contributed by atoms with Crippen molar-refractivity contribution in [2.75, 3.05) is 11.5 Å². The Balaban J connectivity index is 1.78. The number of ether oxygens (including phenoxy) is 1. The molecular formula is C27H22Cl2N2O3S. The molecule has 3 aromatic carbocycles. The number of allylic oxidation sites excluding steroid dienone is 1. The molecule has 5 nitrogen and oxygen atoms in total. The zero-order chi connectivity index (χ0) is 24.9. The van der Waals surface area contributed by atoms with Gasteiger partial charge in [0.05, 0.1) is 22.9 Å². The number of anilines is 1. The van der Waals surface area contributed by atoms with Crippen LogP contribution in [0, 0.1) is 0 Å². The fourth-order valence-corrected chi connectivity index (χ4v) is 4.75. The van der Waals surface area contributed by atoms with E-state index in [1.807, 2.05) is 13.0 Å². The van der Waals surface area contributed by atoms with Crippen LogP contribution < -0.4 is 9.64 Å². The molecule has 8 heteroatoms. The van der Waals surface area contributed by atoms with Gasteiger partial charge < -0.3 is 9.84 Å². The minimum atomic E-state index is -0.221. The molecule has 178 valence electrons. The summed E-state index contributed by atoms with van der Waals surface area (Å²) in [5.74, 6) is 0.215. The van der Waals surface area contributed by atoms with E-state index in [0.29, 0.717) is 55.8 Å². The summed E-state index contributed by atoms with van der Waals surface area (Å²) in [6.07, 6.45) is 3.94. The number of carbonyl (C=O) groups is 1. The summed E-state index contributed by atoms with van der Waals surface area (Å²) in [5.41, 5.74) is 2.71. The number of amides is 1. The van der Waals surface area contributed by atoms with Crippen LogP contribution in [0.3, 0.4) is 0 Å². The van der Waals surface area contributed by atoms with Crippen LogP contribution in [0.25, 0.3) is 6.08 Å². The van der Waals surface area contributed by atoms with Crippen molar-refractivity contribution in [2.24, 2.45) is 4.99 Å². The first-order valence-corrected chi connectivity index (χ1v) is 12.4. The molecule has 0 aliphatic carbocycles.